The van der Waals surface area contributed by atoms with Crippen LogP contribution in [-0.4, -0.2) is 52.0 Å². The van der Waals surface area contributed by atoms with Crippen LogP contribution in [0, 0.1) is 5.92 Å². The van der Waals surface area contributed by atoms with Crippen molar-refractivity contribution in [1.82, 2.24) is 0 Å². The van der Waals surface area contributed by atoms with E-state index in [-0.39, 0.29) is 36.9 Å². The van der Waals surface area contributed by atoms with Crippen molar-refractivity contribution in [2.24, 2.45) is 5.92 Å². The molecule has 0 radical (unpaired) electrons. The predicted molar refractivity (Wildman–Crippen MR) is 97.6 cm³/mol. The summed E-state index contributed by atoms with van der Waals surface area (Å²) in [6.07, 6.45) is 12.0. The lowest BCUT2D eigenvalue weighted by molar-refractivity contribution is -0.337. The number of fused-ring (bicyclic) bond motifs is 2. The Morgan fingerprint density at radius 2 is 2.00 bits per heavy atom. The lowest BCUT2D eigenvalue weighted by atomic mass is 9.84. The molecule has 2 bridgehead atoms. The number of ether oxygens (including phenoxy) is 2. The van der Waals surface area contributed by atoms with Crippen LogP contribution in [0.3, 0.4) is 0 Å². The molecule has 0 amide bonds. The Balaban J connectivity index is 1.77. The molecule has 3 heterocycles. The topological polar surface area (TPSA) is 96.2 Å². The molecule has 1 unspecified atom stereocenters. The number of carboxylic acids is 1. The van der Waals surface area contributed by atoms with Gasteiger partial charge in [-0.1, -0.05) is 31.2 Å². The third-order valence-corrected chi connectivity index (χ3v) is 5.09. The highest BCUT2D eigenvalue weighted by Crippen LogP contribution is 2.40. The maximum absolute atomic E-state index is 10.5. The Kier molecular flexibility index (Phi) is 8.78. The summed E-state index contributed by atoms with van der Waals surface area (Å²) < 4.78 is 11.6. The number of aliphatic carboxylic acids is 1. The number of unbranched alkanes of at least 4 members (excludes halogenated alkanes) is 1. The van der Waals surface area contributed by atoms with Gasteiger partial charge in [-0.2, -0.15) is 0 Å². The van der Waals surface area contributed by atoms with Crippen LogP contribution in [0.2, 0.25) is 0 Å². The molecule has 3 aliphatic heterocycles. The first-order chi connectivity index (χ1) is 12.5. The molecule has 0 aromatic rings. The molecular formula is C20H32O6. The summed E-state index contributed by atoms with van der Waals surface area (Å²) in [6, 6.07) is 0. The number of aliphatic hydroxyl groups excluding tert-OH is 2. The summed E-state index contributed by atoms with van der Waals surface area (Å²) in [6.45, 7) is 1.93. The Morgan fingerprint density at radius 3 is 2.69 bits per heavy atom. The van der Waals surface area contributed by atoms with Gasteiger partial charge in [-0.15, -0.1) is 0 Å². The molecule has 3 fully saturated rings. The van der Waals surface area contributed by atoms with E-state index < -0.39 is 12.1 Å². The van der Waals surface area contributed by atoms with Crippen LogP contribution in [-0.2, 0) is 14.3 Å². The minimum absolute atomic E-state index is 0.0816. The van der Waals surface area contributed by atoms with Crippen LogP contribution in [0.5, 0.6) is 0 Å². The molecule has 0 aromatic carbocycles. The summed E-state index contributed by atoms with van der Waals surface area (Å²) in [5, 5.41) is 28.3. The van der Waals surface area contributed by atoms with Crippen molar-refractivity contribution in [1.29, 1.82) is 0 Å². The monoisotopic (exact) mass is 368 g/mol. The molecule has 0 aliphatic carbocycles. The van der Waals surface area contributed by atoms with Crippen molar-refractivity contribution in [3.63, 3.8) is 0 Å². The lowest BCUT2D eigenvalue weighted by Crippen LogP contribution is -2.55. The molecule has 148 valence electrons. The third-order valence-electron chi connectivity index (χ3n) is 5.09. The zero-order valence-corrected chi connectivity index (χ0v) is 15.5. The molecule has 26 heavy (non-hydrogen) atoms. The summed E-state index contributed by atoms with van der Waals surface area (Å²) in [7, 11) is 0. The quantitative estimate of drug-likeness (QED) is 0.362. The molecule has 0 aromatic heterocycles. The third kappa shape index (κ3) is 6.83. The second-order valence-corrected chi connectivity index (χ2v) is 7.19. The summed E-state index contributed by atoms with van der Waals surface area (Å²) in [4.78, 5) is 10.5. The van der Waals surface area contributed by atoms with Crippen molar-refractivity contribution in [3.8, 4) is 0 Å². The molecule has 0 saturated carbocycles. The van der Waals surface area contributed by atoms with E-state index in [2.05, 4.69) is 6.08 Å². The van der Waals surface area contributed by atoms with Crippen LogP contribution in [0.1, 0.15) is 58.3 Å². The highest BCUT2D eigenvalue weighted by atomic mass is 16.7. The van der Waals surface area contributed by atoms with Gasteiger partial charge < -0.3 is 24.8 Å². The van der Waals surface area contributed by atoms with Gasteiger partial charge in [0.1, 0.15) is 0 Å². The van der Waals surface area contributed by atoms with E-state index in [1.165, 1.54) is 0 Å². The van der Waals surface area contributed by atoms with E-state index in [0.717, 1.165) is 19.3 Å². The minimum atomic E-state index is -0.761. The maximum atomic E-state index is 10.5. The van der Waals surface area contributed by atoms with E-state index in [0.29, 0.717) is 25.7 Å². The van der Waals surface area contributed by atoms with E-state index in [1.54, 1.807) is 6.08 Å². The first-order valence-electron chi connectivity index (χ1n) is 9.71. The number of aliphatic hydroxyl groups is 2. The molecular weight excluding hydrogens is 336 g/mol. The van der Waals surface area contributed by atoms with E-state index in [1.807, 2.05) is 19.1 Å². The van der Waals surface area contributed by atoms with Gasteiger partial charge in [-0.25, -0.2) is 0 Å². The SMILES string of the molecule is CCC(O)CC[C@H](O)/C=C/[C@H]1O[C@H]2C[C@H](O2)[C@@H]1C/C=C\CCCC(=O)O. The van der Waals surface area contributed by atoms with Crippen LogP contribution in [0.4, 0.5) is 0 Å². The highest BCUT2D eigenvalue weighted by Gasteiger charge is 2.46. The molecule has 3 N–H and O–H groups in total. The van der Waals surface area contributed by atoms with E-state index in [4.69, 9.17) is 14.6 Å². The average molecular weight is 368 g/mol. The second kappa shape index (κ2) is 10.8. The molecule has 6 atom stereocenters. The molecule has 6 nitrogen and oxygen atoms in total. The number of allylic oxidation sites excluding steroid dienone is 2. The number of carboxylic acid groups (broad SMARTS) is 1. The fraction of sp³-hybridized carbons (Fsp3) is 0.750. The van der Waals surface area contributed by atoms with Gasteiger partial charge in [0.15, 0.2) is 6.29 Å². The van der Waals surface area contributed by atoms with Crippen LogP contribution < -0.4 is 0 Å². The van der Waals surface area contributed by atoms with Crippen molar-refractivity contribution >= 4 is 5.97 Å². The molecule has 3 aliphatic rings. The summed E-state index contributed by atoms with van der Waals surface area (Å²) >= 11 is 0. The van der Waals surface area contributed by atoms with Crippen molar-refractivity contribution < 1.29 is 29.6 Å². The normalized spacial score (nSPS) is 30.4. The van der Waals surface area contributed by atoms with Gasteiger partial charge in [-0.3, -0.25) is 4.79 Å². The van der Waals surface area contributed by atoms with Crippen LogP contribution >= 0.6 is 0 Å². The Labute approximate surface area is 155 Å². The Morgan fingerprint density at radius 1 is 1.23 bits per heavy atom. The summed E-state index contributed by atoms with van der Waals surface area (Å²) in [5.41, 5.74) is 0. The maximum Gasteiger partial charge on any atom is 0.303 e. The minimum Gasteiger partial charge on any atom is -0.481 e. The molecule has 0 spiro atoms. The number of rotatable bonds is 12. The van der Waals surface area contributed by atoms with Gasteiger partial charge in [0.25, 0.3) is 0 Å². The number of hydrogen-bond acceptors (Lipinski definition) is 5. The predicted octanol–water partition coefficient (Wildman–Crippen LogP) is 2.79. The number of carbonyl (C=O) groups is 1. The molecule has 3 rings (SSSR count). The number of hydrogen-bond donors (Lipinski definition) is 3. The first-order valence-corrected chi connectivity index (χ1v) is 9.71. The fourth-order valence-electron chi connectivity index (χ4n) is 3.34. The smallest absolute Gasteiger partial charge is 0.303 e. The zero-order chi connectivity index (χ0) is 18.9. The largest absolute Gasteiger partial charge is 0.481 e. The van der Waals surface area contributed by atoms with Crippen molar-refractivity contribution in [2.75, 3.05) is 0 Å². The molecule has 3 saturated heterocycles. The highest BCUT2D eigenvalue weighted by molar-refractivity contribution is 5.66. The van der Waals surface area contributed by atoms with Gasteiger partial charge >= 0.3 is 5.97 Å². The van der Waals surface area contributed by atoms with E-state index >= 15 is 0 Å². The first kappa shape index (κ1) is 21.1. The Hall–Kier alpha value is -1.21. The standard InChI is InChI=1S/C20H32O6/c1-2-14(21)9-10-15(22)11-12-17-16(18-13-20(25-17)26-18)7-5-3-4-6-8-19(23)24/h3,5,11-12,14-18,20-22H,2,4,6-10,13H2,1H3,(H,23,24)/b5-3-,12-11+/t14?,15-,16+,17+,18-,20+/m0/s1. The summed E-state index contributed by atoms with van der Waals surface area (Å²) in [5.74, 6) is -0.552. The van der Waals surface area contributed by atoms with E-state index in [9.17, 15) is 15.0 Å². The van der Waals surface area contributed by atoms with Gasteiger partial charge in [0, 0.05) is 18.8 Å². The van der Waals surface area contributed by atoms with Crippen molar-refractivity contribution in [3.05, 3.63) is 24.3 Å². The fourth-order valence-corrected chi connectivity index (χ4v) is 3.34. The zero-order valence-electron chi connectivity index (χ0n) is 15.5. The van der Waals surface area contributed by atoms with Crippen LogP contribution in [0.15, 0.2) is 24.3 Å². The average Bonchev–Trinajstić information content (AvgIpc) is 2.59. The second-order valence-electron chi connectivity index (χ2n) is 7.19. The van der Waals surface area contributed by atoms with Gasteiger partial charge in [0.05, 0.1) is 24.4 Å². The molecule has 6 heteroatoms. The van der Waals surface area contributed by atoms with Crippen LogP contribution in [0.25, 0.3) is 0 Å². The van der Waals surface area contributed by atoms with Gasteiger partial charge in [-0.05, 0) is 38.5 Å². The Bertz CT molecular complexity index is 483. The lowest BCUT2D eigenvalue weighted by Gasteiger charge is -2.49. The van der Waals surface area contributed by atoms with Crippen molar-refractivity contribution in [2.45, 2.75) is 89.0 Å². The van der Waals surface area contributed by atoms with Gasteiger partial charge in [0.2, 0.25) is 0 Å².